The van der Waals surface area contributed by atoms with Crippen LogP contribution in [-0.2, 0) is 0 Å². The van der Waals surface area contributed by atoms with Gasteiger partial charge in [0.1, 0.15) is 0 Å². The number of nitrogens with zero attached hydrogens (tertiary/aromatic N) is 3. The van der Waals surface area contributed by atoms with Crippen LogP contribution in [0.4, 0.5) is 5.13 Å². The van der Waals surface area contributed by atoms with E-state index in [1.54, 1.807) is 6.92 Å². The molecule has 0 amide bonds. The minimum atomic E-state index is 0.125. The van der Waals surface area contributed by atoms with Crippen molar-refractivity contribution < 1.29 is 4.79 Å². The van der Waals surface area contributed by atoms with Gasteiger partial charge in [-0.1, -0.05) is 25.2 Å². The van der Waals surface area contributed by atoms with Crippen LogP contribution in [0.15, 0.2) is 0 Å². The van der Waals surface area contributed by atoms with Gasteiger partial charge in [-0.3, -0.25) is 9.69 Å². The highest BCUT2D eigenvalue weighted by atomic mass is 32.1. The summed E-state index contributed by atoms with van der Waals surface area (Å²) in [5, 5.41) is 1.01. The average Bonchev–Trinajstić information content (AvgIpc) is 2.71. The third-order valence-corrected chi connectivity index (χ3v) is 4.69. The van der Waals surface area contributed by atoms with Gasteiger partial charge in [0.15, 0.2) is 10.9 Å². The normalized spacial score (nSPS) is 17.2. The van der Waals surface area contributed by atoms with Crippen LogP contribution in [0.2, 0.25) is 0 Å². The van der Waals surface area contributed by atoms with Crippen molar-refractivity contribution in [3.63, 3.8) is 0 Å². The molecule has 0 saturated carbocycles. The lowest BCUT2D eigenvalue weighted by atomic mass is 10.2. The Morgan fingerprint density at radius 2 is 1.95 bits per heavy atom. The number of hydrogen-bond acceptors (Lipinski definition) is 5. The molecule has 0 N–H and O–H groups in total. The largest absolute Gasteiger partial charge is 0.346 e. The molecule has 1 aliphatic rings. The van der Waals surface area contributed by atoms with E-state index < -0.39 is 0 Å². The number of ketones is 1. The number of hydrogen-bond donors (Lipinski definition) is 0. The fraction of sp³-hybridized carbons (Fsp3) is 0.714. The molecule has 1 aliphatic heterocycles. The second kappa shape index (κ2) is 6.01. The molecule has 1 fully saturated rings. The average molecular weight is 281 g/mol. The van der Waals surface area contributed by atoms with Crippen LogP contribution < -0.4 is 4.90 Å². The zero-order valence-corrected chi connectivity index (χ0v) is 13.1. The SMILES string of the molecule is CC(=O)c1sc(N2CCN(CC(C)C)CC2)nc1C. The number of piperazine rings is 1. The minimum absolute atomic E-state index is 0.125. The number of carbonyl (C=O) groups is 1. The van der Waals surface area contributed by atoms with E-state index in [4.69, 9.17) is 0 Å². The predicted molar refractivity (Wildman–Crippen MR) is 80.3 cm³/mol. The quantitative estimate of drug-likeness (QED) is 0.794. The minimum Gasteiger partial charge on any atom is -0.346 e. The Labute approximate surface area is 119 Å². The summed E-state index contributed by atoms with van der Waals surface area (Å²) >= 11 is 1.54. The van der Waals surface area contributed by atoms with Crippen LogP contribution >= 0.6 is 11.3 Å². The van der Waals surface area contributed by atoms with Gasteiger partial charge in [-0.05, 0) is 12.8 Å². The van der Waals surface area contributed by atoms with E-state index >= 15 is 0 Å². The maximum atomic E-state index is 11.5. The first-order chi connectivity index (χ1) is 8.97. The Bertz CT molecular complexity index is 448. The van der Waals surface area contributed by atoms with E-state index in [0.29, 0.717) is 0 Å². The Hall–Kier alpha value is -0.940. The van der Waals surface area contributed by atoms with E-state index in [2.05, 4.69) is 28.6 Å². The van der Waals surface area contributed by atoms with Crippen LogP contribution in [0.25, 0.3) is 0 Å². The van der Waals surface area contributed by atoms with Crippen LogP contribution in [0.3, 0.4) is 0 Å². The molecule has 106 valence electrons. The number of aryl methyl sites for hydroxylation is 1. The Morgan fingerprint density at radius 3 is 2.42 bits per heavy atom. The highest BCUT2D eigenvalue weighted by Crippen LogP contribution is 2.27. The molecule has 0 spiro atoms. The van der Waals surface area contributed by atoms with Crippen molar-refractivity contribution in [1.29, 1.82) is 0 Å². The molecular weight excluding hydrogens is 258 g/mol. The molecule has 0 radical (unpaired) electrons. The Morgan fingerprint density at radius 1 is 1.32 bits per heavy atom. The summed E-state index contributed by atoms with van der Waals surface area (Å²) in [5.74, 6) is 0.845. The van der Waals surface area contributed by atoms with Crippen LogP contribution in [0.1, 0.15) is 36.1 Å². The van der Waals surface area contributed by atoms with E-state index in [1.807, 2.05) is 6.92 Å². The fourth-order valence-electron chi connectivity index (χ4n) is 2.48. The first-order valence-electron chi connectivity index (χ1n) is 6.93. The smallest absolute Gasteiger partial charge is 0.186 e. The van der Waals surface area contributed by atoms with Gasteiger partial charge in [-0.15, -0.1) is 0 Å². The van der Waals surface area contributed by atoms with Gasteiger partial charge in [0, 0.05) is 39.6 Å². The molecule has 0 atom stereocenters. The molecule has 1 saturated heterocycles. The lowest BCUT2D eigenvalue weighted by Crippen LogP contribution is -2.47. The molecule has 0 aromatic carbocycles. The molecule has 0 aliphatic carbocycles. The number of anilines is 1. The van der Waals surface area contributed by atoms with Crippen molar-refractivity contribution >= 4 is 22.3 Å². The maximum Gasteiger partial charge on any atom is 0.186 e. The lowest BCUT2D eigenvalue weighted by Gasteiger charge is -2.35. The molecule has 4 nitrogen and oxygen atoms in total. The summed E-state index contributed by atoms with van der Waals surface area (Å²) in [7, 11) is 0. The number of Topliss-reactive ketones (excluding diaryl/α,β-unsaturated/α-hetero) is 1. The fourth-order valence-corrected chi connectivity index (χ4v) is 3.50. The van der Waals surface area contributed by atoms with Gasteiger partial charge >= 0.3 is 0 Å². The van der Waals surface area contributed by atoms with Crippen LogP contribution in [-0.4, -0.2) is 48.4 Å². The standard InChI is InChI=1S/C14H23N3OS/c1-10(2)9-16-5-7-17(8-6-16)14-15-11(3)13(19-14)12(4)18/h10H,5-9H2,1-4H3. The molecule has 2 rings (SSSR count). The van der Waals surface area contributed by atoms with E-state index in [1.165, 1.54) is 17.9 Å². The first-order valence-corrected chi connectivity index (χ1v) is 7.74. The zero-order valence-electron chi connectivity index (χ0n) is 12.3. The van der Waals surface area contributed by atoms with Crippen LogP contribution in [0, 0.1) is 12.8 Å². The summed E-state index contributed by atoms with van der Waals surface area (Å²) < 4.78 is 0. The highest BCUT2D eigenvalue weighted by molar-refractivity contribution is 7.17. The third kappa shape index (κ3) is 3.54. The van der Waals surface area contributed by atoms with Crippen molar-refractivity contribution in [1.82, 2.24) is 9.88 Å². The van der Waals surface area contributed by atoms with E-state index in [-0.39, 0.29) is 5.78 Å². The molecule has 1 aromatic heterocycles. The predicted octanol–water partition coefficient (Wildman–Crippen LogP) is 2.43. The summed E-state index contributed by atoms with van der Waals surface area (Å²) in [4.78, 5) is 21.6. The highest BCUT2D eigenvalue weighted by Gasteiger charge is 2.21. The van der Waals surface area contributed by atoms with Gasteiger partial charge in [-0.25, -0.2) is 4.98 Å². The summed E-state index contributed by atoms with van der Waals surface area (Å²) in [6.07, 6.45) is 0. The molecule has 2 heterocycles. The number of aromatic nitrogens is 1. The van der Waals surface area contributed by atoms with Gasteiger partial charge in [0.25, 0.3) is 0 Å². The molecule has 1 aromatic rings. The molecular formula is C14H23N3OS. The number of rotatable bonds is 4. The van der Waals surface area contributed by atoms with Crippen molar-refractivity contribution in [2.24, 2.45) is 5.92 Å². The summed E-state index contributed by atoms with van der Waals surface area (Å²) in [5.41, 5.74) is 0.872. The lowest BCUT2D eigenvalue weighted by molar-refractivity contribution is 0.102. The molecule has 5 heteroatoms. The van der Waals surface area contributed by atoms with Gasteiger partial charge in [0.2, 0.25) is 0 Å². The summed E-state index contributed by atoms with van der Waals surface area (Å²) in [6, 6.07) is 0. The molecule has 19 heavy (non-hydrogen) atoms. The second-order valence-electron chi connectivity index (χ2n) is 5.65. The maximum absolute atomic E-state index is 11.5. The van der Waals surface area contributed by atoms with E-state index in [0.717, 1.165) is 47.8 Å². The van der Waals surface area contributed by atoms with E-state index in [9.17, 15) is 4.79 Å². The monoisotopic (exact) mass is 281 g/mol. The molecule has 0 bridgehead atoms. The molecule has 0 unspecified atom stereocenters. The van der Waals surface area contributed by atoms with Crippen molar-refractivity contribution in [2.45, 2.75) is 27.7 Å². The first kappa shape index (κ1) is 14.5. The van der Waals surface area contributed by atoms with Crippen molar-refractivity contribution in [2.75, 3.05) is 37.6 Å². The second-order valence-corrected chi connectivity index (χ2v) is 6.63. The van der Waals surface area contributed by atoms with Crippen molar-refractivity contribution in [3.8, 4) is 0 Å². The summed E-state index contributed by atoms with van der Waals surface area (Å²) in [6.45, 7) is 13.4. The Balaban J connectivity index is 1.98. The van der Waals surface area contributed by atoms with Crippen molar-refractivity contribution in [3.05, 3.63) is 10.6 Å². The number of carbonyl (C=O) groups excluding carboxylic acids is 1. The zero-order chi connectivity index (χ0) is 14.0. The Kier molecular flexibility index (Phi) is 4.58. The topological polar surface area (TPSA) is 36.4 Å². The van der Waals surface area contributed by atoms with Gasteiger partial charge < -0.3 is 4.90 Å². The number of thiazole rings is 1. The van der Waals surface area contributed by atoms with Crippen LogP contribution in [0.5, 0.6) is 0 Å². The third-order valence-electron chi connectivity index (χ3n) is 3.37. The van der Waals surface area contributed by atoms with Gasteiger partial charge in [0.05, 0.1) is 10.6 Å². The van der Waals surface area contributed by atoms with Gasteiger partial charge in [-0.2, -0.15) is 0 Å².